The first-order chi connectivity index (χ1) is 14.7. The van der Waals surface area contributed by atoms with Crippen molar-refractivity contribution >= 4 is 11.8 Å². The second-order valence-corrected chi connectivity index (χ2v) is 8.00. The molecule has 1 aliphatic rings. The average molecular weight is 429 g/mol. The van der Waals surface area contributed by atoms with Gasteiger partial charge in [0.25, 0.3) is 0 Å². The van der Waals surface area contributed by atoms with Crippen LogP contribution in [0.1, 0.15) is 5.56 Å². The van der Waals surface area contributed by atoms with E-state index in [1.54, 1.807) is 31.0 Å². The van der Waals surface area contributed by atoms with Crippen molar-refractivity contribution in [3.63, 3.8) is 0 Å². The van der Waals surface area contributed by atoms with Gasteiger partial charge >= 0.3 is 0 Å². The summed E-state index contributed by atoms with van der Waals surface area (Å²) in [6.45, 7) is 5.05. The Bertz CT molecular complexity index is 958. The van der Waals surface area contributed by atoms with Gasteiger partial charge in [-0.25, -0.2) is 4.39 Å². The maximum absolute atomic E-state index is 13.4. The molecule has 3 aromatic rings. The van der Waals surface area contributed by atoms with Gasteiger partial charge in [0.1, 0.15) is 11.6 Å². The fourth-order valence-corrected chi connectivity index (χ4v) is 4.29. The highest BCUT2D eigenvalue weighted by molar-refractivity contribution is 7.98. The number of thioether (sulfide) groups is 1. The summed E-state index contributed by atoms with van der Waals surface area (Å²) in [6, 6.07) is 14.4. The van der Waals surface area contributed by atoms with Crippen molar-refractivity contribution in [1.82, 2.24) is 19.7 Å². The molecule has 1 fully saturated rings. The Kier molecular flexibility index (Phi) is 6.99. The third-order valence-corrected chi connectivity index (χ3v) is 6.10. The van der Waals surface area contributed by atoms with Gasteiger partial charge < -0.3 is 14.0 Å². The van der Waals surface area contributed by atoms with Crippen LogP contribution in [0.15, 0.2) is 53.7 Å². The topological polar surface area (TPSA) is 52.4 Å². The van der Waals surface area contributed by atoms with E-state index in [9.17, 15) is 4.39 Å². The van der Waals surface area contributed by atoms with Crippen LogP contribution in [-0.2, 0) is 17.0 Å². The second kappa shape index (κ2) is 10.1. The van der Waals surface area contributed by atoms with Crippen molar-refractivity contribution in [2.24, 2.45) is 0 Å². The molecule has 0 saturated carbocycles. The number of hydrogen-bond donors (Lipinski definition) is 0. The van der Waals surface area contributed by atoms with Crippen molar-refractivity contribution in [2.75, 3.05) is 40.0 Å². The molecule has 0 amide bonds. The van der Waals surface area contributed by atoms with Gasteiger partial charge in [0.05, 0.1) is 20.3 Å². The zero-order valence-electron chi connectivity index (χ0n) is 17.0. The summed E-state index contributed by atoms with van der Waals surface area (Å²) in [6.07, 6.45) is 0. The summed E-state index contributed by atoms with van der Waals surface area (Å²) in [5, 5.41) is 9.72. The third-order valence-electron chi connectivity index (χ3n) is 5.06. The quantitative estimate of drug-likeness (QED) is 0.510. The summed E-state index contributed by atoms with van der Waals surface area (Å²) in [5.41, 5.74) is 2.02. The highest BCUT2D eigenvalue weighted by Crippen LogP contribution is 2.27. The van der Waals surface area contributed by atoms with Crippen molar-refractivity contribution in [3.05, 3.63) is 59.9 Å². The molecule has 0 atom stereocenters. The van der Waals surface area contributed by atoms with E-state index in [0.29, 0.717) is 0 Å². The Hall–Kier alpha value is -2.42. The molecule has 6 nitrogen and oxygen atoms in total. The van der Waals surface area contributed by atoms with Crippen LogP contribution in [0.2, 0.25) is 0 Å². The van der Waals surface area contributed by atoms with Gasteiger partial charge in [-0.3, -0.25) is 4.90 Å². The highest BCUT2D eigenvalue weighted by Gasteiger charge is 2.17. The maximum Gasteiger partial charge on any atom is 0.191 e. The molecule has 0 bridgehead atoms. The van der Waals surface area contributed by atoms with Crippen LogP contribution >= 0.6 is 11.8 Å². The fraction of sp³-hybridized carbons (Fsp3) is 0.364. The van der Waals surface area contributed by atoms with Crippen molar-refractivity contribution in [3.8, 4) is 17.1 Å². The van der Waals surface area contributed by atoms with Gasteiger partial charge in [0.2, 0.25) is 0 Å². The molecule has 0 unspecified atom stereocenters. The maximum atomic E-state index is 13.4. The van der Waals surface area contributed by atoms with Gasteiger partial charge in [-0.15, -0.1) is 10.2 Å². The first-order valence-corrected chi connectivity index (χ1v) is 11.0. The number of halogens is 1. The van der Waals surface area contributed by atoms with E-state index in [1.807, 2.05) is 18.2 Å². The molecular formula is C22H25FN4O2S. The smallest absolute Gasteiger partial charge is 0.191 e. The number of benzene rings is 2. The molecule has 1 saturated heterocycles. The number of hydrogen-bond acceptors (Lipinski definition) is 6. The summed E-state index contributed by atoms with van der Waals surface area (Å²) in [7, 11) is 1.67. The van der Waals surface area contributed by atoms with Gasteiger partial charge in [-0.2, -0.15) is 0 Å². The minimum Gasteiger partial charge on any atom is -0.497 e. The van der Waals surface area contributed by atoms with E-state index in [1.165, 1.54) is 12.1 Å². The predicted octanol–water partition coefficient (Wildman–Crippen LogP) is 3.72. The molecule has 0 N–H and O–H groups in total. The Balaban J connectivity index is 1.54. The minimum atomic E-state index is -0.259. The first kappa shape index (κ1) is 20.8. The van der Waals surface area contributed by atoms with Crippen LogP contribution in [0.3, 0.4) is 0 Å². The van der Waals surface area contributed by atoms with Gasteiger partial charge in [0, 0.05) is 37.5 Å². The SMILES string of the molecule is COc1cccc(CSc2nnc(-c3ccc(F)cc3)n2CCN2CCOCC2)c1. The second-order valence-electron chi connectivity index (χ2n) is 7.06. The molecule has 1 aromatic heterocycles. The summed E-state index contributed by atoms with van der Waals surface area (Å²) >= 11 is 1.64. The molecule has 8 heteroatoms. The Morgan fingerprint density at radius 2 is 1.87 bits per heavy atom. The first-order valence-electron chi connectivity index (χ1n) is 9.98. The van der Waals surface area contributed by atoms with Crippen LogP contribution < -0.4 is 4.74 Å². The molecule has 158 valence electrons. The number of nitrogens with zero attached hydrogens (tertiary/aromatic N) is 4. The van der Waals surface area contributed by atoms with Crippen LogP contribution in [0.5, 0.6) is 5.75 Å². The monoisotopic (exact) mass is 428 g/mol. The van der Waals surface area contributed by atoms with Crippen molar-refractivity contribution < 1.29 is 13.9 Å². The Morgan fingerprint density at radius 1 is 1.07 bits per heavy atom. The van der Waals surface area contributed by atoms with E-state index in [2.05, 4.69) is 25.7 Å². The zero-order valence-corrected chi connectivity index (χ0v) is 17.8. The van der Waals surface area contributed by atoms with Crippen LogP contribution in [-0.4, -0.2) is 59.6 Å². The van der Waals surface area contributed by atoms with E-state index in [-0.39, 0.29) is 5.82 Å². The molecule has 2 aromatic carbocycles. The van der Waals surface area contributed by atoms with E-state index < -0.39 is 0 Å². The Morgan fingerprint density at radius 3 is 2.63 bits per heavy atom. The average Bonchev–Trinajstić information content (AvgIpc) is 3.20. The number of morpholine rings is 1. The number of rotatable bonds is 8. The van der Waals surface area contributed by atoms with Crippen molar-refractivity contribution in [2.45, 2.75) is 17.5 Å². The summed E-state index contributed by atoms with van der Waals surface area (Å²) in [5.74, 6) is 2.10. The molecule has 0 radical (unpaired) electrons. The fourth-order valence-electron chi connectivity index (χ4n) is 3.39. The van der Waals surface area contributed by atoms with Crippen LogP contribution in [0.25, 0.3) is 11.4 Å². The van der Waals surface area contributed by atoms with E-state index in [0.717, 1.165) is 73.0 Å². The lowest BCUT2D eigenvalue weighted by Crippen LogP contribution is -2.38. The van der Waals surface area contributed by atoms with E-state index in [4.69, 9.17) is 9.47 Å². The summed E-state index contributed by atoms with van der Waals surface area (Å²) in [4.78, 5) is 2.38. The standard InChI is InChI=1S/C22H25FN4O2S/c1-28-20-4-2-3-17(15-20)16-30-22-25-24-21(18-5-7-19(23)8-6-18)27(22)10-9-26-11-13-29-14-12-26/h2-8,15H,9-14,16H2,1H3. The van der Waals surface area contributed by atoms with Crippen molar-refractivity contribution in [1.29, 1.82) is 0 Å². The van der Waals surface area contributed by atoms with Crippen LogP contribution in [0.4, 0.5) is 4.39 Å². The molecule has 0 spiro atoms. The lowest BCUT2D eigenvalue weighted by atomic mass is 10.2. The highest BCUT2D eigenvalue weighted by atomic mass is 32.2. The van der Waals surface area contributed by atoms with Gasteiger partial charge in [-0.05, 0) is 42.0 Å². The minimum absolute atomic E-state index is 0.259. The molecule has 0 aliphatic carbocycles. The molecular weight excluding hydrogens is 403 g/mol. The van der Waals surface area contributed by atoms with Gasteiger partial charge in [0.15, 0.2) is 11.0 Å². The lowest BCUT2D eigenvalue weighted by molar-refractivity contribution is 0.0361. The predicted molar refractivity (Wildman–Crippen MR) is 115 cm³/mol. The zero-order chi connectivity index (χ0) is 20.8. The van der Waals surface area contributed by atoms with E-state index >= 15 is 0 Å². The normalized spacial score (nSPS) is 14.7. The van der Waals surface area contributed by atoms with Gasteiger partial charge in [-0.1, -0.05) is 23.9 Å². The largest absolute Gasteiger partial charge is 0.497 e. The van der Waals surface area contributed by atoms with Crippen LogP contribution in [0, 0.1) is 5.82 Å². The molecule has 4 rings (SSSR count). The molecule has 30 heavy (non-hydrogen) atoms. The number of ether oxygens (including phenoxy) is 2. The lowest BCUT2D eigenvalue weighted by Gasteiger charge is -2.27. The molecule has 1 aliphatic heterocycles. The molecule has 2 heterocycles. The number of methoxy groups -OCH3 is 1. The Labute approximate surface area is 180 Å². The summed E-state index contributed by atoms with van der Waals surface area (Å²) < 4.78 is 26.3. The third kappa shape index (κ3) is 5.19. The number of aromatic nitrogens is 3.